The van der Waals surface area contributed by atoms with Crippen molar-refractivity contribution in [2.45, 2.75) is 51.6 Å². The fourth-order valence-corrected chi connectivity index (χ4v) is 2.12. The van der Waals surface area contributed by atoms with Crippen LogP contribution < -0.4 is 10.6 Å². The first-order valence-electron chi connectivity index (χ1n) is 6.99. The highest BCUT2D eigenvalue weighted by Gasteiger charge is 2.24. The Bertz CT molecular complexity index is 455. The smallest absolute Gasteiger partial charge is 0.224 e. The van der Waals surface area contributed by atoms with Gasteiger partial charge in [-0.05, 0) is 44.4 Å². The molecule has 0 heterocycles. The van der Waals surface area contributed by atoms with Gasteiger partial charge in [0.2, 0.25) is 5.91 Å². The minimum atomic E-state index is 0.0157. The second-order valence-corrected chi connectivity index (χ2v) is 5.23. The van der Waals surface area contributed by atoms with Gasteiger partial charge in [0.15, 0.2) is 0 Å². The summed E-state index contributed by atoms with van der Waals surface area (Å²) in [4.78, 5) is 11.6. The molecule has 4 heteroatoms. The van der Waals surface area contributed by atoms with E-state index in [1.54, 1.807) is 12.1 Å². The summed E-state index contributed by atoms with van der Waals surface area (Å²) in [5.41, 5.74) is 1.58. The Kier molecular flexibility index (Phi) is 4.43. The first-order chi connectivity index (χ1) is 9.10. The zero-order valence-corrected chi connectivity index (χ0v) is 11.6. The van der Waals surface area contributed by atoms with Crippen LogP contribution in [0.4, 0.5) is 5.69 Å². The van der Waals surface area contributed by atoms with Crippen LogP contribution in [0.5, 0.6) is 5.75 Å². The van der Waals surface area contributed by atoms with E-state index in [4.69, 9.17) is 0 Å². The molecular weight excluding hydrogens is 240 g/mol. The van der Waals surface area contributed by atoms with Gasteiger partial charge in [0.1, 0.15) is 5.75 Å². The number of phenols is 1. The quantitative estimate of drug-likeness (QED) is 0.691. The maximum absolute atomic E-state index is 11.6. The third-order valence-corrected chi connectivity index (χ3v) is 3.32. The molecule has 1 fully saturated rings. The largest absolute Gasteiger partial charge is 0.508 e. The number of rotatable bonds is 6. The molecule has 1 atom stereocenters. The number of hydrogen-bond acceptors (Lipinski definition) is 3. The zero-order chi connectivity index (χ0) is 13.8. The lowest BCUT2D eigenvalue weighted by molar-refractivity contribution is -0.116. The molecule has 0 saturated heterocycles. The molecule has 1 aliphatic carbocycles. The van der Waals surface area contributed by atoms with Gasteiger partial charge in [-0.25, -0.2) is 0 Å². The number of anilines is 1. The molecule has 0 spiro atoms. The Hall–Kier alpha value is -1.55. The van der Waals surface area contributed by atoms with Gasteiger partial charge < -0.3 is 15.7 Å². The second-order valence-electron chi connectivity index (χ2n) is 5.23. The summed E-state index contributed by atoms with van der Waals surface area (Å²) in [5.74, 6) is 0.288. The normalized spacial score (nSPS) is 16.1. The number of carbonyl (C=O) groups is 1. The summed E-state index contributed by atoms with van der Waals surface area (Å²) in [6.45, 7) is 4.01. The predicted molar refractivity (Wildman–Crippen MR) is 76.2 cm³/mol. The van der Waals surface area contributed by atoms with Crippen LogP contribution in [0.1, 0.15) is 51.1 Å². The summed E-state index contributed by atoms with van der Waals surface area (Å²) < 4.78 is 0. The number of benzene rings is 1. The van der Waals surface area contributed by atoms with Crippen molar-refractivity contribution in [2.75, 3.05) is 5.32 Å². The minimum absolute atomic E-state index is 0.0157. The first kappa shape index (κ1) is 13.9. The van der Waals surface area contributed by atoms with Crippen molar-refractivity contribution in [3.05, 3.63) is 23.8 Å². The van der Waals surface area contributed by atoms with Crippen molar-refractivity contribution < 1.29 is 9.90 Å². The van der Waals surface area contributed by atoms with Crippen LogP contribution in [0, 0.1) is 0 Å². The lowest BCUT2D eigenvalue weighted by Crippen LogP contribution is -2.21. The summed E-state index contributed by atoms with van der Waals surface area (Å²) in [7, 11) is 0. The van der Waals surface area contributed by atoms with E-state index >= 15 is 0 Å². The fourth-order valence-electron chi connectivity index (χ4n) is 2.12. The molecule has 0 radical (unpaired) electrons. The topological polar surface area (TPSA) is 61.4 Å². The van der Waals surface area contributed by atoms with Crippen molar-refractivity contribution in [1.29, 1.82) is 0 Å². The third kappa shape index (κ3) is 3.96. The van der Waals surface area contributed by atoms with E-state index < -0.39 is 0 Å². The molecule has 104 valence electrons. The van der Waals surface area contributed by atoms with E-state index in [1.165, 1.54) is 12.8 Å². The molecule has 19 heavy (non-hydrogen) atoms. The first-order valence-corrected chi connectivity index (χ1v) is 6.99. The van der Waals surface area contributed by atoms with E-state index in [1.807, 2.05) is 19.9 Å². The lowest BCUT2D eigenvalue weighted by Gasteiger charge is -2.16. The number of nitrogens with one attached hydrogen (secondary N) is 2. The number of phenolic OH excluding ortho intramolecular Hbond substituents is 1. The maximum Gasteiger partial charge on any atom is 0.224 e. The van der Waals surface area contributed by atoms with Crippen molar-refractivity contribution in [3.63, 3.8) is 0 Å². The molecule has 1 unspecified atom stereocenters. The SMILES string of the molecule is CCCC(=O)Nc1ccc(O)c(C(C)NC2CC2)c1. The molecule has 0 bridgehead atoms. The van der Waals surface area contributed by atoms with E-state index in [-0.39, 0.29) is 17.7 Å². The molecule has 3 N–H and O–H groups in total. The van der Waals surface area contributed by atoms with Crippen molar-refractivity contribution in [2.24, 2.45) is 0 Å². The van der Waals surface area contributed by atoms with E-state index in [0.717, 1.165) is 17.7 Å². The average molecular weight is 262 g/mol. The highest BCUT2D eigenvalue weighted by molar-refractivity contribution is 5.90. The van der Waals surface area contributed by atoms with Crippen molar-refractivity contribution in [1.82, 2.24) is 5.32 Å². The molecule has 1 aliphatic rings. The highest BCUT2D eigenvalue weighted by Crippen LogP contribution is 2.30. The Balaban J connectivity index is 2.07. The third-order valence-electron chi connectivity index (χ3n) is 3.32. The summed E-state index contributed by atoms with van der Waals surface area (Å²) >= 11 is 0. The summed E-state index contributed by atoms with van der Waals surface area (Å²) in [6.07, 6.45) is 3.76. The Morgan fingerprint density at radius 2 is 2.21 bits per heavy atom. The molecule has 1 amide bonds. The monoisotopic (exact) mass is 262 g/mol. The van der Waals surface area contributed by atoms with E-state index in [9.17, 15) is 9.90 Å². The molecule has 1 aromatic rings. The minimum Gasteiger partial charge on any atom is -0.508 e. The van der Waals surface area contributed by atoms with Gasteiger partial charge in [0.05, 0.1) is 0 Å². The van der Waals surface area contributed by atoms with E-state index in [2.05, 4.69) is 10.6 Å². The number of amides is 1. The second kappa shape index (κ2) is 6.06. The predicted octanol–water partition coefficient (Wildman–Crippen LogP) is 2.94. The number of aromatic hydroxyl groups is 1. The molecule has 4 nitrogen and oxygen atoms in total. The van der Waals surface area contributed by atoms with Gasteiger partial charge in [-0.2, -0.15) is 0 Å². The van der Waals surface area contributed by atoms with Gasteiger partial charge in [0, 0.05) is 29.8 Å². The van der Waals surface area contributed by atoms with Crippen LogP contribution in [-0.4, -0.2) is 17.1 Å². The van der Waals surface area contributed by atoms with Crippen LogP contribution in [0.15, 0.2) is 18.2 Å². The highest BCUT2D eigenvalue weighted by atomic mass is 16.3. The van der Waals surface area contributed by atoms with Gasteiger partial charge in [-0.1, -0.05) is 6.92 Å². The standard InChI is InChI=1S/C15H22N2O2/c1-3-4-15(19)17-12-7-8-14(18)13(9-12)10(2)16-11-5-6-11/h7-11,16,18H,3-6H2,1-2H3,(H,17,19). The fraction of sp³-hybridized carbons (Fsp3) is 0.533. The Morgan fingerprint density at radius 3 is 2.84 bits per heavy atom. The van der Waals surface area contributed by atoms with Crippen LogP contribution >= 0.6 is 0 Å². The molecule has 2 rings (SSSR count). The van der Waals surface area contributed by atoms with Crippen LogP contribution in [0.2, 0.25) is 0 Å². The summed E-state index contributed by atoms with van der Waals surface area (Å²) in [6, 6.07) is 5.89. The maximum atomic E-state index is 11.6. The Labute approximate surface area is 114 Å². The number of hydrogen-bond donors (Lipinski definition) is 3. The van der Waals surface area contributed by atoms with Crippen LogP contribution in [0.3, 0.4) is 0 Å². The van der Waals surface area contributed by atoms with Crippen molar-refractivity contribution in [3.8, 4) is 5.75 Å². The van der Waals surface area contributed by atoms with E-state index in [0.29, 0.717) is 12.5 Å². The molecule has 0 aliphatic heterocycles. The van der Waals surface area contributed by atoms with Crippen molar-refractivity contribution >= 4 is 11.6 Å². The summed E-state index contributed by atoms with van der Waals surface area (Å²) in [5, 5.41) is 16.2. The van der Waals surface area contributed by atoms with Gasteiger partial charge in [0.25, 0.3) is 0 Å². The molecule has 1 aromatic carbocycles. The Morgan fingerprint density at radius 1 is 1.47 bits per heavy atom. The molecular formula is C15H22N2O2. The lowest BCUT2D eigenvalue weighted by atomic mass is 10.1. The zero-order valence-electron chi connectivity index (χ0n) is 11.6. The van der Waals surface area contributed by atoms with Crippen LogP contribution in [0.25, 0.3) is 0 Å². The van der Waals surface area contributed by atoms with Crippen LogP contribution in [-0.2, 0) is 4.79 Å². The van der Waals surface area contributed by atoms with Gasteiger partial charge in [-0.15, -0.1) is 0 Å². The van der Waals surface area contributed by atoms with Gasteiger partial charge in [-0.3, -0.25) is 4.79 Å². The van der Waals surface area contributed by atoms with Gasteiger partial charge >= 0.3 is 0 Å². The number of carbonyl (C=O) groups excluding carboxylic acids is 1. The molecule has 0 aromatic heterocycles. The average Bonchev–Trinajstić information content (AvgIpc) is 3.15. The molecule has 1 saturated carbocycles.